The molecule has 1 aliphatic rings. The third-order valence-electron chi connectivity index (χ3n) is 3.36. The highest BCUT2D eigenvalue weighted by Gasteiger charge is 2.29. The minimum atomic E-state index is -0.162. The number of hydrogen-bond donors (Lipinski definition) is 1. The summed E-state index contributed by atoms with van der Waals surface area (Å²) >= 11 is 0. The molecule has 22 heavy (non-hydrogen) atoms. The zero-order chi connectivity index (χ0) is 15.5. The number of carbonyl (C=O) groups excluding carboxylic acids is 1. The summed E-state index contributed by atoms with van der Waals surface area (Å²) < 4.78 is 5.76. The molecule has 0 saturated heterocycles. The molecule has 5 nitrogen and oxygen atoms in total. The van der Waals surface area contributed by atoms with E-state index in [1.807, 2.05) is 31.2 Å². The van der Waals surface area contributed by atoms with Crippen LogP contribution in [0.25, 0.3) is 6.08 Å². The van der Waals surface area contributed by atoms with Crippen molar-refractivity contribution in [1.29, 1.82) is 0 Å². The molecule has 5 heteroatoms. The lowest BCUT2D eigenvalue weighted by Crippen LogP contribution is -2.37. The number of ether oxygens (including phenoxy) is 1. The average Bonchev–Trinajstić information content (AvgIpc) is 2.52. The Bertz CT molecular complexity index is 726. The van der Waals surface area contributed by atoms with Crippen molar-refractivity contribution < 1.29 is 9.53 Å². The molecular formula is C17H17N3O2. The summed E-state index contributed by atoms with van der Waals surface area (Å²) in [6.07, 6.45) is 4.18. The molecule has 0 unspecified atom stereocenters. The summed E-state index contributed by atoms with van der Waals surface area (Å²) in [6.45, 7) is 2.65. The SMILES string of the molecule is CCCN1C(=O)/C(=C\c2ccccn2)Oc2cc(N)ccc21. The fourth-order valence-electron chi connectivity index (χ4n) is 2.37. The minimum Gasteiger partial charge on any atom is -0.449 e. The largest absolute Gasteiger partial charge is 0.449 e. The Morgan fingerprint density at radius 1 is 1.32 bits per heavy atom. The number of nitrogen functional groups attached to an aromatic ring is 1. The Balaban J connectivity index is 2.04. The zero-order valence-electron chi connectivity index (χ0n) is 12.3. The first kappa shape index (κ1) is 14.1. The summed E-state index contributed by atoms with van der Waals surface area (Å²) in [7, 11) is 0. The van der Waals surface area contributed by atoms with Gasteiger partial charge in [-0.15, -0.1) is 0 Å². The van der Waals surface area contributed by atoms with Crippen LogP contribution < -0.4 is 15.4 Å². The molecular weight excluding hydrogens is 278 g/mol. The molecule has 1 amide bonds. The van der Waals surface area contributed by atoms with Gasteiger partial charge in [0, 0.05) is 30.6 Å². The third kappa shape index (κ3) is 2.65. The van der Waals surface area contributed by atoms with Crippen LogP contribution in [0.5, 0.6) is 5.75 Å². The van der Waals surface area contributed by atoms with Crippen molar-refractivity contribution in [3.8, 4) is 5.75 Å². The van der Waals surface area contributed by atoms with Crippen LogP contribution in [0.1, 0.15) is 19.0 Å². The predicted octanol–water partition coefficient (Wildman–Crippen LogP) is 2.84. The minimum absolute atomic E-state index is 0.162. The molecule has 112 valence electrons. The van der Waals surface area contributed by atoms with Crippen LogP contribution in [-0.2, 0) is 4.79 Å². The molecule has 2 heterocycles. The third-order valence-corrected chi connectivity index (χ3v) is 3.36. The number of anilines is 2. The van der Waals surface area contributed by atoms with Gasteiger partial charge in [-0.1, -0.05) is 13.0 Å². The van der Waals surface area contributed by atoms with Gasteiger partial charge in [0.15, 0.2) is 11.5 Å². The first-order valence-electron chi connectivity index (χ1n) is 7.21. The summed E-state index contributed by atoms with van der Waals surface area (Å²) in [5.41, 5.74) is 7.84. The van der Waals surface area contributed by atoms with E-state index in [-0.39, 0.29) is 11.7 Å². The maximum atomic E-state index is 12.6. The van der Waals surface area contributed by atoms with E-state index in [4.69, 9.17) is 10.5 Å². The Kier molecular flexibility index (Phi) is 3.78. The summed E-state index contributed by atoms with van der Waals surface area (Å²) in [6, 6.07) is 10.8. The van der Waals surface area contributed by atoms with Crippen LogP contribution in [0.3, 0.4) is 0 Å². The van der Waals surface area contributed by atoms with Crippen LogP contribution >= 0.6 is 0 Å². The normalized spacial score (nSPS) is 15.6. The summed E-state index contributed by atoms with van der Waals surface area (Å²) in [5.74, 6) is 0.685. The van der Waals surface area contributed by atoms with Crippen molar-refractivity contribution in [2.45, 2.75) is 13.3 Å². The van der Waals surface area contributed by atoms with Crippen LogP contribution in [0, 0.1) is 0 Å². The highest BCUT2D eigenvalue weighted by atomic mass is 16.5. The van der Waals surface area contributed by atoms with Crippen molar-refractivity contribution >= 4 is 23.4 Å². The van der Waals surface area contributed by atoms with Crippen molar-refractivity contribution in [1.82, 2.24) is 4.98 Å². The number of aromatic nitrogens is 1. The van der Waals surface area contributed by atoms with Crippen molar-refractivity contribution in [2.75, 3.05) is 17.2 Å². The van der Waals surface area contributed by atoms with Gasteiger partial charge in [-0.05, 0) is 30.7 Å². The van der Waals surface area contributed by atoms with E-state index >= 15 is 0 Å². The lowest BCUT2D eigenvalue weighted by Gasteiger charge is -2.30. The highest BCUT2D eigenvalue weighted by molar-refractivity contribution is 6.09. The molecule has 0 bridgehead atoms. The van der Waals surface area contributed by atoms with E-state index in [0.717, 1.165) is 12.1 Å². The van der Waals surface area contributed by atoms with Gasteiger partial charge in [-0.2, -0.15) is 0 Å². The molecule has 1 aromatic carbocycles. The number of amides is 1. The second kappa shape index (κ2) is 5.89. The van der Waals surface area contributed by atoms with Crippen LogP contribution in [0.15, 0.2) is 48.4 Å². The van der Waals surface area contributed by atoms with Gasteiger partial charge in [-0.3, -0.25) is 9.78 Å². The maximum absolute atomic E-state index is 12.6. The lowest BCUT2D eigenvalue weighted by molar-refractivity contribution is -0.117. The van der Waals surface area contributed by atoms with Gasteiger partial charge in [0.25, 0.3) is 5.91 Å². The number of nitrogens with two attached hydrogens (primary N) is 1. The van der Waals surface area contributed by atoms with E-state index in [1.54, 1.807) is 29.3 Å². The highest BCUT2D eigenvalue weighted by Crippen LogP contribution is 2.37. The van der Waals surface area contributed by atoms with Crippen LogP contribution in [0.2, 0.25) is 0 Å². The number of rotatable bonds is 3. The molecule has 1 aliphatic heterocycles. The van der Waals surface area contributed by atoms with Crippen molar-refractivity contribution in [3.63, 3.8) is 0 Å². The monoisotopic (exact) mass is 295 g/mol. The molecule has 0 saturated carbocycles. The maximum Gasteiger partial charge on any atom is 0.294 e. The molecule has 0 fully saturated rings. The molecule has 2 aromatic rings. The van der Waals surface area contributed by atoms with Crippen molar-refractivity contribution in [3.05, 3.63) is 54.0 Å². The molecule has 1 aromatic heterocycles. The van der Waals surface area contributed by atoms with E-state index < -0.39 is 0 Å². The van der Waals surface area contributed by atoms with Gasteiger partial charge >= 0.3 is 0 Å². The van der Waals surface area contributed by atoms with Gasteiger partial charge in [-0.25, -0.2) is 0 Å². The van der Waals surface area contributed by atoms with Gasteiger partial charge in [0.2, 0.25) is 0 Å². The number of pyridine rings is 1. The molecule has 3 rings (SSSR count). The topological polar surface area (TPSA) is 68.5 Å². The fourth-order valence-corrected chi connectivity index (χ4v) is 2.37. The van der Waals surface area contributed by atoms with Gasteiger partial charge in [0.1, 0.15) is 0 Å². The lowest BCUT2D eigenvalue weighted by atomic mass is 10.1. The van der Waals surface area contributed by atoms with Crippen LogP contribution in [0.4, 0.5) is 11.4 Å². The smallest absolute Gasteiger partial charge is 0.294 e. The van der Waals surface area contributed by atoms with Gasteiger partial charge < -0.3 is 15.4 Å². The molecule has 2 N–H and O–H groups in total. The molecule has 0 radical (unpaired) electrons. The molecule has 0 atom stereocenters. The molecule has 0 spiro atoms. The van der Waals surface area contributed by atoms with E-state index in [0.29, 0.717) is 23.7 Å². The fraction of sp³-hybridized carbons (Fsp3) is 0.176. The van der Waals surface area contributed by atoms with E-state index in [9.17, 15) is 4.79 Å². The number of carbonyl (C=O) groups is 1. The number of fused-ring (bicyclic) bond motifs is 1. The van der Waals surface area contributed by atoms with Gasteiger partial charge in [0.05, 0.1) is 11.4 Å². The first-order chi connectivity index (χ1) is 10.7. The average molecular weight is 295 g/mol. The van der Waals surface area contributed by atoms with E-state index in [2.05, 4.69) is 4.98 Å². The van der Waals surface area contributed by atoms with Crippen LogP contribution in [-0.4, -0.2) is 17.4 Å². The number of nitrogens with zero attached hydrogens (tertiary/aromatic N) is 2. The Morgan fingerprint density at radius 2 is 2.18 bits per heavy atom. The second-order valence-electron chi connectivity index (χ2n) is 5.05. The summed E-state index contributed by atoms with van der Waals surface area (Å²) in [5, 5.41) is 0. The number of benzene rings is 1. The molecule has 0 aliphatic carbocycles. The Morgan fingerprint density at radius 3 is 2.91 bits per heavy atom. The standard InChI is InChI=1S/C17H17N3O2/c1-2-9-20-14-7-6-12(18)10-15(14)22-16(17(20)21)11-13-5-3-4-8-19-13/h3-8,10-11H,2,9,18H2,1H3/b16-11+. The van der Waals surface area contributed by atoms with E-state index in [1.165, 1.54) is 0 Å². The zero-order valence-corrected chi connectivity index (χ0v) is 12.3. The first-order valence-corrected chi connectivity index (χ1v) is 7.21. The second-order valence-corrected chi connectivity index (χ2v) is 5.05. The number of hydrogen-bond acceptors (Lipinski definition) is 4. The predicted molar refractivity (Wildman–Crippen MR) is 86.3 cm³/mol. The quantitative estimate of drug-likeness (QED) is 0.698. The Labute approximate surface area is 129 Å². The summed E-state index contributed by atoms with van der Waals surface area (Å²) in [4.78, 5) is 18.6. The van der Waals surface area contributed by atoms with Crippen molar-refractivity contribution in [2.24, 2.45) is 0 Å². The Hall–Kier alpha value is -2.82.